The number of ether oxygens (including phenoxy) is 1. The number of amides is 2. The molecular weight excluding hydrogens is 332 g/mol. The molecule has 0 saturated heterocycles. The van der Waals surface area contributed by atoms with Gasteiger partial charge in [0.05, 0.1) is 0 Å². The highest BCUT2D eigenvalue weighted by molar-refractivity contribution is 5.94. The minimum Gasteiger partial charge on any atom is -0.481 e. The fourth-order valence-corrected chi connectivity index (χ4v) is 2.45. The van der Waals surface area contributed by atoms with Crippen molar-refractivity contribution in [2.75, 3.05) is 0 Å². The molecule has 7 heteroatoms. The summed E-state index contributed by atoms with van der Waals surface area (Å²) < 4.78 is 7.25. The molecule has 26 heavy (non-hydrogen) atoms. The Morgan fingerprint density at radius 2 is 1.81 bits per heavy atom. The lowest BCUT2D eigenvalue weighted by Crippen LogP contribution is -2.47. The minimum absolute atomic E-state index is 0.230. The number of aryl methyl sites for hydroxylation is 2. The monoisotopic (exact) mass is 352 g/mol. The van der Waals surface area contributed by atoms with Crippen molar-refractivity contribution in [3.8, 4) is 5.75 Å². The van der Waals surface area contributed by atoms with Crippen molar-refractivity contribution < 1.29 is 14.3 Å². The Kier molecular flexibility index (Phi) is 4.88. The second kappa shape index (κ2) is 7.26. The Bertz CT molecular complexity index is 945. The van der Waals surface area contributed by atoms with Crippen molar-refractivity contribution in [2.24, 2.45) is 7.05 Å². The van der Waals surface area contributed by atoms with E-state index in [1.54, 1.807) is 30.8 Å². The van der Waals surface area contributed by atoms with Crippen LogP contribution in [0.4, 0.5) is 0 Å². The van der Waals surface area contributed by atoms with Gasteiger partial charge in [0.1, 0.15) is 5.75 Å². The summed E-state index contributed by atoms with van der Waals surface area (Å²) in [6.07, 6.45) is -0.776. The van der Waals surface area contributed by atoms with E-state index in [2.05, 4.69) is 16.0 Å². The molecule has 0 bridgehead atoms. The van der Waals surface area contributed by atoms with Gasteiger partial charge in [-0.1, -0.05) is 30.3 Å². The van der Waals surface area contributed by atoms with Gasteiger partial charge >= 0.3 is 0 Å². The van der Waals surface area contributed by atoms with Crippen molar-refractivity contribution in [3.63, 3.8) is 0 Å². The largest absolute Gasteiger partial charge is 0.481 e. The molecule has 3 aromatic rings. The van der Waals surface area contributed by atoms with E-state index in [1.807, 2.05) is 43.3 Å². The maximum absolute atomic E-state index is 12.1. The summed E-state index contributed by atoms with van der Waals surface area (Å²) in [5, 5.41) is 6.17. The summed E-state index contributed by atoms with van der Waals surface area (Å²) >= 11 is 0. The number of fused-ring (bicyclic) bond motifs is 1. The SMILES string of the molecule is Cc1cc(C(=O)NNC(=O)C(C)Oc2ccc3ccccc3c2)nn1C. The summed E-state index contributed by atoms with van der Waals surface area (Å²) in [5.41, 5.74) is 5.77. The Hall–Kier alpha value is -3.35. The molecule has 0 spiro atoms. The number of rotatable bonds is 4. The standard InChI is InChI=1S/C19H20N4O3/c1-12-10-17(22-23(12)3)19(25)21-20-18(24)13(2)26-16-9-8-14-6-4-5-7-15(14)11-16/h4-11,13H,1-3H3,(H,20,24)(H,21,25). The maximum atomic E-state index is 12.1. The van der Waals surface area contributed by atoms with Crippen LogP contribution in [-0.4, -0.2) is 27.7 Å². The Labute approximate surface area is 150 Å². The first-order chi connectivity index (χ1) is 12.4. The average Bonchev–Trinajstić information content (AvgIpc) is 2.98. The first-order valence-electron chi connectivity index (χ1n) is 8.20. The third-order valence-electron chi connectivity index (χ3n) is 4.05. The summed E-state index contributed by atoms with van der Waals surface area (Å²) in [6.45, 7) is 3.45. The zero-order valence-electron chi connectivity index (χ0n) is 14.8. The van der Waals surface area contributed by atoms with Gasteiger partial charge in [0.15, 0.2) is 11.8 Å². The van der Waals surface area contributed by atoms with E-state index in [0.717, 1.165) is 16.5 Å². The number of carbonyl (C=O) groups excluding carboxylic acids is 2. The van der Waals surface area contributed by atoms with Gasteiger partial charge in [-0.3, -0.25) is 25.1 Å². The summed E-state index contributed by atoms with van der Waals surface area (Å²) in [5.74, 6) is -0.364. The number of hydrogen-bond acceptors (Lipinski definition) is 4. The molecule has 0 saturated carbocycles. The topological polar surface area (TPSA) is 85.2 Å². The van der Waals surface area contributed by atoms with Gasteiger partial charge in [-0.05, 0) is 42.8 Å². The average molecular weight is 352 g/mol. The molecule has 2 N–H and O–H groups in total. The molecular formula is C19H20N4O3. The van der Waals surface area contributed by atoms with Gasteiger partial charge in [0.2, 0.25) is 0 Å². The van der Waals surface area contributed by atoms with E-state index in [4.69, 9.17) is 4.74 Å². The van der Waals surface area contributed by atoms with E-state index < -0.39 is 17.9 Å². The summed E-state index contributed by atoms with van der Waals surface area (Å²) in [6, 6.07) is 15.1. The molecule has 1 atom stereocenters. The van der Waals surface area contributed by atoms with Crippen LogP contribution in [0.3, 0.4) is 0 Å². The van der Waals surface area contributed by atoms with Gasteiger partial charge in [0.25, 0.3) is 11.8 Å². The quantitative estimate of drug-likeness (QED) is 0.704. The predicted octanol–water partition coefficient (Wildman–Crippen LogP) is 2.11. The number of carbonyl (C=O) groups is 2. The highest BCUT2D eigenvalue weighted by atomic mass is 16.5. The molecule has 1 unspecified atom stereocenters. The summed E-state index contributed by atoms with van der Waals surface area (Å²) in [4.78, 5) is 24.1. The van der Waals surface area contributed by atoms with Crippen LogP contribution >= 0.6 is 0 Å². The van der Waals surface area contributed by atoms with Crippen LogP contribution in [0.1, 0.15) is 23.1 Å². The Balaban J connectivity index is 1.57. The van der Waals surface area contributed by atoms with Gasteiger partial charge in [-0.15, -0.1) is 0 Å². The van der Waals surface area contributed by atoms with E-state index in [-0.39, 0.29) is 5.69 Å². The van der Waals surface area contributed by atoms with Crippen molar-refractivity contribution >= 4 is 22.6 Å². The Morgan fingerprint density at radius 1 is 1.08 bits per heavy atom. The normalized spacial score (nSPS) is 11.8. The zero-order valence-corrected chi connectivity index (χ0v) is 14.8. The van der Waals surface area contributed by atoms with Crippen LogP contribution in [0.2, 0.25) is 0 Å². The van der Waals surface area contributed by atoms with Crippen molar-refractivity contribution in [1.82, 2.24) is 20.6 Å². The highest BCUT2D eigenvalue weighted by Gasteiger charge is 2.17. The smallest absolute Gasteiger partial charge is 0.290 e. The molecule has 1 aromatic heterocycles. The third kappa shape index (κ3) is 3.83. The molecule has 0 aliphatic heterocycles. The molecule has 0 aliphatic carbocycles. The van der Waals surface area contributed by atoms with Gasteiger partial charge in [-0.25, -0.2) is 0 Å². The first-order valence-corrected chi connectivity index (χ1v) is 8.20. The van der Waals surface area contributed by atoms with Gasteiger partial charge in [-0.2, -0.15) is 5.10 Å². The summed E-state index contributed by atoms with van der Waals surface area (Å²) in [7, 11) is 1.74. The molecule has 7 nitrogen and oxygen atoms in total. The number of hydrogen-bond donors (Lipinski definition) is 2. The molecule has 2 aromatic carbocycles. The molecule has 134 valence electrons. The van der Waals surface area contributed by atoms with E-state index in [0.29, 0.717) is 5.75 Å². The first kappa shape index (κ1) is 17.5. The highest BCUT2D eigenvalue weighted by Crippen LogP contribution is 2.21. The van der Waals surface area contributed by atoms with Crippen LogP contribution < -0.4 is 15.6 Å². The number of hydrazine groups is 1. The molecule has 1 heterocycles. The van der Waals surface area contributed by atoms with E-state index >= 15 is 0 Å². The zero-order chi connectivity index (χ0) is 18.7. The Morgan fingerprint density at radius 3 is 2.50 bits per heavy atom. The van der Waals surface area contributed by atoms with Crippen LogP contribution in [0.25, 0.3) is 10.8 Å². The number of aromatic nitrogens is 2. The maximum Gasteiger partial charge on any atom is 0.290 e. The van der Waals surface area contributed by atoms with E-state index in [9.17, 15) is 9.59 Å². The second-order valence-corrected chi connectivity index (χ2v) is 6.01. The van der Waals surface area contributed by atoms with Crippen molar-refractivity contribution in [1.29, 1.82) is 0 Å². The van der Waals surface area contributed by atoms with Crippen molar-refractivity contribution in [2.45, 2.75) is 20.0 Å². The molecule has 3 rings (SSSR count). The van der Waals surface area contributed by atoms with Crippen LogP contribution in [0, 0.1) is 6.92 Å². The molecule has 0 aliphatic rings. The van der Waals surface area contributed by atoms with Crippen LogP contribution in [0.5, 0.6) is 5.75 Å². The lowest BCUT2D eigenvalue weighted by Gasteiger charge is -2.15. The second-order valence-electron chi connectivity index (χ2n) is 6.01. The van der Waals surface area contributed by atoms with Crippen molar-refractivity contribution in [3.05, 3.63) is 59.9 Å². The van der Waals surface area contributed by atoms with Crippen LogP contribution in [-0.2, 0) is 11.8 Å². The number of benzene rings is 2. The number of nitrogens with one attached hydrogen (secondary N) is 2. The molecule has 0 fully saturated rings. The fourth-order valence-electron chi connectivity index (χ4n) is 2.45. The molecule has 0 radical (unpaired) electrons. The predicted molar refractivity (Wildman–Crippen MR) is 97.6 cm³/mol. The van der Waals surface area contributed by atoms with Gasteiger partial charge in [0, 0.05) is 12.7 Å². The minimum atomic E-state index is -0.776. The molecule has 2 amide bonds. The lowest BCUT2D eigenvalue weighted by molar-refractivity contribution is -0.128. The van der Waals surface area contributed by atoms with Gasteiger partial charge < -0.3 is 4.74 Å². The number of nitrogens with zero attached hydrogens (tertiary/aromatic N) is 2. The van der Waals surface area contributed by atoms with Crippen LogP contribution in [0.15, 0.2) is 48.5 Å². The lowest BCUT2D eigenvalue weighted by atomic mass is 10.1. The fraction of sp³-hybridized carbons (Fsp3) is 0.211. The third-order valence-corrected chi connectivity index (χ3v) is 4.05. The van der Waals surface area contributed by atoms with E-state index in [1.165, 1.54) is 0 Å².